The Kier molecular flexibility index (Phi) is 6.11. The van der Waals surface area contributed by atoms with Crippen LogP contribution in [-0.4, -0.2) is 76.9 Å². The van der Waals surface area contributed by atoms with Crippen LogP contribution in [0.5, 0.6) is 5.75 Å². The van der Waals surface area contributed by atoms with Gasteiger partial charge in [0.25, 0.3) is 5.91 Å². The van der Waals surface area contributed by atoms with E-state index in [1.165, 1.54) is 4.40 Å². The maximum absolute atomic E-state index is 12.5. The average Bonchev–Trinajstić information content (AvgIpc) is 3.26. The molecule has 1 aliphatic heterocycles. The van der Waals surface area contributed by atoms with Crippen molar-refractivity contribution in [2.75, 3.05) is 51.8 Å². The fourth-order valence-corrected chi connectivity index (χ4v) is 3.99. The molecule has 4 aromatic rings. The van der Waals surface area contributed by atoms with Crippen LogP contribution in [0.2, 0.25) is 0 Å². The van der Waals surface area contributed by atoms with E-state index in [-0.39, 0.29) is 5.91 Å². The lowest BCUT2D eigenvalue weighted by atomic mass is 10.1. The Bertz CT molecular complexity index is 1390. The van der Waals surface area contributed by atoms with Gasteiger partial charge in [-0.05, 0) is 24.3 Å². The Morgan fingerprint density at radius 1 is 1.21 bits per heavy atom. The fraction of sp³-hybridized carbons (Fsp3) is 0.304. The molecule has 0 radical (unpaired) electrons. The summed E-state index contributed by atoms with van der Waals surface area (Å²) in [6, 6.07) is 12.6. The third kappa shape index (κ3) is 4.30. The molecule has 1 fully saturated rings. The quantitative estimate of drug-likeness (QED) is 0.375. The number of H-pyrrole nitrogens is 1. The molecule has 1 aliphatic rings. The Hall–Kier alpha value is -3.96. The summed E-state index contributed by atoms with van der Waals surface area (Å²) in [4.78, 5) is 31.9. The number of aromatic nitrogens is 4. The lowest BCUT2D eigenvalue weighted by Crippen LogP contribution is -2.38. The summed E-state index contributed by atoms with van der Waals surface area (Å²) in [5.41, 5.74) is 1.85. The summed E-state index contributed by atoms with van der Waals surface area (Å²) < 4.78 is 12.7. The van der Waals surface area contributed by atoms with Crippen molar-refractivity contribution in [1.29, 1.82) is 0 Å². The predicted octanol–water partition coefficient (Wildman–Crippen LogP) is 1.38. The zero-order chi connectivity index (χ0) is 23.5. The van der Waals surface area contributed by atoms with Gasteiger partial charge in [0, 0.05) is 38.4 Å². The van der Waals surface area contributed by atoms with Crippen LogP contribution in [0, 0.1) is 0 Å². The van der Waals surface area contributed by atoms with Gasteiger partial charge < -0.3 is 20.1 Å². The molecule has 2 aromatic carbocycles. The number of hydrogen-bond donors (Lipinski definition) is 3. The van der Waals surface area contributed by atoms with Crippen molar-refractivity contribution in [3.63, 3.8) is 0 Å². The summed E-state index contributed by atoms with van der Waals surface area (Å²) in [7, 11) is 1.55. The molecule has 0 atom stereocenters. The van der Waals surface area contributed by atoms with Crippen molar-refractivity contribution in [2.45, 2.75) is 0 Å². The number of amides is 1. The molecule has 3 N–H and O–H groups in total. The van der Waals surface area contributed by atoms with Crippen molar-refractivity contribution in [3.8, 4) is 5.75 Å². The minimum absolute atomic E-state index is 0.296. The van der Waals surface area contributed by atoms with Gasteiger partial charge in [0.05, 0.1) is 24.3 Å². The minimum Gasteiger partial charge on any atom is -0.492 e. The van der Waals surface area contributed by atoms with Gasteiger partial charge in [0.15, 0.2) is 5.82 Å². The fourth-order valence-electron chi connectivity index (χ4n) is 3.99. The molecule has 176 valence electrons. The number of aromatic amines is 1. The van der Waals surface area contributed by atoms with Gasteiger partial charge in [-0.15, -0.1) is 5.10 Å². The van der Waals surface area contributed by atoms with E-state index in [0.717, 1.165) is 32.8 Å². The summed E-state index contributed by atoms with van der Waals surface area (Å²) in [6.45, 7) is 4.72. The molecular weight excluding hydrogens is 438 g/mol. The number of nitrogens with zero attached hydrogens (tertiary/aromatic N) is 4. The van der Waals surface area contributed by atoms with E-state index < -0.39 is 5.69 Å². The number of carbonyl (C=O) groups excluding carboxylic acids is 1. The lowest BCUT2D eigenvalue weighted by molar-refractivity contribution is 0.0322. The van der Waals surface area contributed by atoms with Crippen molar-refractivity contribution >= 4 is 34.1 Å². The predicted molar refractivity (Wildman–Crippen MR) is 127 cm³/mol. The van der Waals surface area contributed by atoms with E-state index in [4.69, 9.17) is 9.47 Å². The van der Waals surface area contributed by atoms with Crippen LogP contribution in [0.3, 0.4) is 0 Å². The van der Waals surface area contributed by atoms with E-state index in [2.05, 4.69) is 30.7 Å². The molecule has 0 unspecified atom stereocenters. The number of nitrogens with one attached hydrogen (secondary N) is 3. The molecule has 3 heterocycles. The second kappa shape index (κ2) is 9.49. The molecular formula is C23H25N7O4. The number of ether oxygens (including phenoxy) is 2. The molecule has 5 rings (SSSR count). The van der Waals surface area contributed by atoms with E-state index in [1.54, 1.807) is 25.2 Å². The largest absolute Gasteiger partial charge is 0.492 e. The van der Waals surface area contributed by atoms with Gasteiger partial charge in [0.1, 0.15) is 17.9 Å². The Morgan fingerprint density at radius 2 is 2.03 bits per heavy atom. The van der Waals surface area contributed by atoms with Gasteiger partial charge in [-0.25, -0.2) is 19.3 Å². The Morgan fingerprint density at radius 3 is 2.85 bits per heavy atom. The highest BCUT2D eigenvalue weighted by atomic mass is 16.5. The van der Waals surface area contributed by atoms with Crippen LogP contribution in [0.25, 0.3) is 16.7 Å². The van der Waals surface area contributed by atoms with Gasteiger partial charge >= 0.3 is 5.69 Å². The monoisotopic (exact) mass is 463 g/mol. The summed E-state index contributed by atoms with van der Waals surface area (Å²) in [5.74, 6) is 0.754. The van der Waals surface area contributed by atoms with E-state index in [1.807, 2.05) is 24.3 Å². The normalized spacial score (nSPS) is 14.4. The number of para-hydroxylation sites is 1. The maximum Gasteiger partial charge on any atom is 0.348 e. The minimum atomic E-state index is -0.417. The van der Waals surface area contributed by atoms with E-state index in [0.29, 0.717) is 46.1 Å². The van der Waals surface area contributed by atoms with Crippen molar-refractivity contribution in [1.82, 2.24) is 29.8 Å². The number of benzene rings is 2. The third-order valence-corrected chi connectivity index (χ3v) is 5.71. The summed E-state index contributed by atoms with van der Waals surface area (Å²) >= 11 is 0. The van der Waals surface area contributed by atoms with Gasteiger partial charge in [0.2, 0.25) is 5.65 Å². The highest BCUT2D eigenvalue weighted by Crippen LogP contribution is 2.26. The maximum atomic E-state index is 12.5. The zero-order valence-electron chi connectivity index (χ0n) is 18.7. The van der Waals surface area contributed by atoms with Crippen LogP contribution >= 0.6 is 0 Å². The highest BCUT2D eigenvalue weighted by molar-refractivity contribution is 6.05. The van der Waals surface area contributed by atoms with Gasteiger partial charge in [-0.3, -0.25) is 9.69 Å². The van der Waals surface area contributed by atoms with Crippen LogP contribution < -0.4 is 21.1 Å². The van der Waals surface area contributed by atoms with Crippen molar-refractivity contribution < 1.29 is 14.3 Å². The van der Waals surface area contributed by atoms with Crippen LogP contribution in [0.15, 0.2) is 47.3 Å². The average molecular weight is 463 g/mol. The van der Waals surface area contributed by atoms with Crippen molar-refractivity contribution in [2.24, 2.45) is 0 Å². The number of anilines is 2. The molecule has 0 spiro atoms. The highest BCUT2D eigenvalue weighted by Gasteiger charge is 2.18. The molecule has 1 saturated heterocycles. The second-order valence-corrected chi connectivity index (χ2v) is 7.86. The molecule has 11 nitrogen and oxygen atoms in total. The second-order valence-electron chi connectivity index (χ2n) is 7.86. The standard InChI is InChI=1S/C23H25N7O4/c1-24-22(31)17-6-3-7-18-19(17)26-20(21-27-28-23(32)30(18)21)25-15-4-2-5-16(14-15)34-13-10-29-8-11-33-12-9-29/h2-7,14H,8-13H2,1H3,(H,24,31)(H,25,26)(H,28,32). The van der Waals surface area contributed by atoms with E-state index >= 15 is 0 Å². The molecule has 0 saturated carbocycles. The molecule has 11 heteroatoms. The molecule has 34 heavy (non-hydrogen) atoms. The summed E-state index contributed by atoms with van der Waals surface area (Å²) in [5, 5.41) is 12.4. The SMILES string of the molecule is CNC(=O)c1cccc2c1nc(Nc1cccc(OCCN3CCOCC3)c1)c1n[nH]c(=O)n12. The Balaban J connectivity index is 1.43. The van der Waals surface area contributed by atoms with Gasteiger partial charge in [-0.2, -0.15) is 0 Å². The zero-order valence-corrected chi connectivity index (χ0v) is 18.7. The topological polar surface area (TPSA) is 126 Å². The van der Waals surface area contributed by atoms with Crippen LogP contribution in [-0.2, 0) is 4.74 Å². The first-order valence-electron chi connectivity index (χ1n) is 11.1. The van der Waals surface area contributed by atoms with Gasteiger partial charge in [-0.1, -0.05) is 12.1 Å². The molecule has 2 aromatic heterocycles. The first-order chi connectivity index (χ1) is 16.6. The first kappa shape index (κ1) is 21.9. The molecule has 0 aliphatic carbocycles. The van der Waals surface area contributed by atoms with Crippen LogP contribution in [0.4, 0.5) is 11.5 Å². The van der Waals surface area contributed by atoms with Crippen LogP contribution in [0.1, 0.15) is 10.4 Å². The molecule has 1 amide bonds. The smallest absolute Gasteiger partial charge is 0.348 e. The molecule has 0 bridgehead atoms. The summed E-state index contributed by atoms with van der Waals surface area (Å²) in [6.07, 6.45) is 0. The third-order valence-electron chi connectivity index (χ3n) is 5.71. The number of carbonyl (C=O) groups is 1. The Labute approximate surface area is 194 Å². The lowest BCUT2D eigenvalue weighted by Gasteiger charge is -2.26. The number of hydrogen-bond acceptors (Lipinski definition) is 8. The van der Waals surface area contributed by atoms with Crippen molar-refractivity contribution in [3.05, 3.63) is 58.5 Å². The number of fused-ring (bicyclic) bond motifs is 3. The number of morpholine rings is 1. The number of rotatable bonds is 7. The first-order valence-corrected chi connectivity index (χ1v) is 11.1. The van der Waals surface area contributed by atoms with E-state index in [9.17, 15) is 9.59 Å².